The van der Waals surface area contributed by atoms with E-state index in [1.165, 1.54) is 0 Å². The van der Waals surface area contributed by atoms with E-state index in [0.717, 1.165) is 15.7 Å². The lowest BCUT2D eigenvalue weighted by Crippen LogP contribution is -2.34. The number of amides is 1. The molecule has 94 valence electrons. The molecule has 1 aromatic rings. The van der Waals surface area contributed by atoms with E-state index in [1.807, 2.05) is 24.3 Å². The second-order valence-electron chi connectivity index (χ2n) is 3.88. The highest BCUT2D eigenvalue weighted by Gasteiger charge is 2.28. The summed E-state index contributed by atoms with van der Waals surface area (Å²) in [4.78, 5) is 16.8. The molecule has 0 radical (unpaired) electrons. The van der Waals surface area contributed by atoms with Crippen LogP contribution in [0.4, 0.5) is 0 Å². The molecule has 2 rings (SSSR count). The van der Waals surface area contributed by atoms with Gasteiger partial charge in [0.1, 0.15) is 0 Å². The van der Waals surface area contributed by atoms with Crippen LogP contribution in [0.25, 0.3) is 0 Å². The molecule has 1 heterocycles. The molecule has 0 saturated heterocycles. The fourth-order valence-corrected chi connectivity index (χ4v) is 2.04. The van der Waals surface area contributed by atoms with Gasteiger partial charge in [0, 0.05) is 23.0 Å². The molecule has 0 spiro atoms. The molecule has 0 bridgehead atoms. The Hall–Kier alpha value is -1.62. The lowest BCUT2D eigenvalue weighted by atomic mass is 10.0. The number of benzene rings is 1. The summed E-state index contributed by atoms with van der Waals surface area (Å²) in [6.07, 6.45) is 1.57. The van der Waals surface area contributed by atoms with Gasteiger partial charge in [-0.2, -0.15) is 0 Å². The predicted octanol–water partition coefficient (Wildman–Crippen LogP) is 2.24. The standard InChI is InChI=1S/C13H13BrN2O2/c1-2-6-15-13(17)12-8-11(16-18-12)9-4-3-5-10(14)7-9/h2-5,7,12H,1,6,8H2,(H,15,17). The summed E-state index contributed by atoms with van der Waals surface area (Å²) in [5.74, 6) is -0.163. The van der Waals surface area contributed by atoms with E-state index >= 15 is 0 Å². The fourth-order valence-electron chi connectivity index (χ4n) is 1.64. The van der Waals surface area contributed by atoms with Gasteiger partial charge >= 0.3 is 0 Å². The summed E-state index contributed by atoms with van der Waals surface area (Å²) in [5, 5.41) is 6.66. The number of oxime groups is 1. The molecule has 1 atom stereocenters. The van der Waals surface area contributed by atoms with Crippen LogP contribution >= 0.6 is 15.9 Å². The average Bonchev–Trinajstić information content (AvgIpc) is 2.85. The molecule has 18 heavy (non-hydrogen) atoms. The van der Waals surface area contributed by atoms with Crippen molar-refractivity contribution < 1.29 is 9.63 Å². The van der Waals surface area contributed by atoms with E-state index in [4.69, 9.17) is 4.84 Å². The number of halogens is 1. The van der Waals surface area contributed by atoms with Crippen LogP contribution in [0.2, 0.25) is 0 Å². The van der Waals surface area contributed by atoms with Gasteiger partial charge in [-0.25, -0.2) is 0 Å². The van der Waals surface area contributed by atoms with Crippen LogP contribution in [0.3, 0.4) is 0 Å². The van der Waals surface area contributed by atoms with Gasteiger partial charge < -0.3 is 10.2 Å². The number of carbonyl (C=O) groups is 1. The monoisotopic (exact) mass is 308 g/mol. The highest BCUT2D eigenvalue weighted by atomic mass is 79.9. The van der Waals surface area contributed by atoms with Crippen LogP contribution in [0, 0.1) is 0 Å². The SMILES string of the molecule is C=CCNC(=O)C1CC(c2cccc(Br)c2)=NO1. The van der Waals surface area contributed by atoms with Crippen molar-refractivity contribution in [1.82, 2.24) is 5.32 Å². The lowest BCUT2D eigenvalue weighted by Gasteiger charge is -2.07. The van der Waals surface area contributed by atoms with Gasteiger partial charge in [0.2, 0.25) is 6.10 Å². The molecule has 0 fully saturated rings. The molecule has 1 unspecified atom stereocenters. The second-order valence-corrected chi connectivity index (χ2v) is 4.80. The molecule has 0 aromatic heterocycles. The van der Waals surface area contributed by atoms with Gasteiger partial charge in [0.25, 0.3) is 5.91 Å². The molecule has 1 aliphatic heterocycles. The van der Waals surface area contributed by atoms with Crippen LogP contribution in [-0.4, -0.2) is 24.3 Å². The topological polar surface area (TPSA) is 50.7 Å². The quantitative estimate of drug-likeness (QED) is 0.867. The van der Waals surface area contributed by atoms with Crippen molar-refractivity contribution in [2.75, 3.05) is 6.54 Å². The van der Waals surface area contributed by atoms with Crippen LogP contribution in [0.1, 0.15) is 12.0 Å². The van der Waals surface area contributed by atoms with Crippen molar-refractivity contribution in [3.63, 3.8) is 0 Å². The van der Waals surface area contributed by atoms with Crippen LogP contribution in [0.5, 0.6) is 0 Å². The summed E-state index contributed by atoms with van der Waals surface area (Å²) in [6, 6.07) is 7.75. The Labute approximate surface area is 114 Å². The summed E-state index contributed by atoms with van der Waals surface area (Å²) in [7, 11) is 0. The van der Waals surface area contributed by atoms with Gasteiger partial charge in [-0.1, -0.05) is 39.3 Å². The Morgan fingerprint density at radius 3 is 3.22 bits per heavy atom. The van der Waals surface area contributed by atoms with Crippen molar-refractivity contribution in [2.24, 2.45) is 5.16 Å². The smallest absolute Gasteiger partial charge is 0.264 e. The Kier molecular flexibility index (Phi) is 4.15. The van der Waals surface area contributed by atoms with E-state index in [2.05, 4.69) is 33.0 Å². The minimum absolute atomic E-state index is 0.163. The first kappa shape index (κ1) is 12.8. The third kappa shape index (κ3) is 2.98. The number of rotatable bonds is 4. The molecule has 0 aliphatic carbocycles. The maximum Gasteiger partial charge on any atom is 0.264 e. The molecular formula is C13H13BrN2O2. The Morgan fingerprint density at radius 1 is 1.67 bits per heavy atom. The van der Waals surface area contributed by atoms with E-state index < -0.39 is 6.10 Å². The molecule has 1 amide bonds. The third-order valence-corrected chi connectivity index (χ3v) is 3.03. The van der Waals surface area contributed by atoms with E-state index in [-0.39, 0.29) is 5.91 Å². The highest BCUT2D eigenvalue weighted by Crippen LogP contribution is 2.19. The van der Waals surface area contributed by atoms with Crippen molar-refractivity contribution in [1.29, 1.82) is 0 Å². The maximum atomic E-state index is 11.7. The molecule has 4 nitrogen and oxygen atoms in total. The van der Waals surface area contributed by atoms with Crippen LogP contribution in [0.15, 0.2) is 46.5 Å². The normalized spacial score (nSPS) is 17.8. The number of hydrogen-bond acceptors (Lipinski definition) is 3. The first-order valence-electron chi connectivity index (χ1n) is 5.58. The van der Waals surface area contributed by atoms with Crippen molar-refractivity contribution >= 4 is 27.5 Å². The Balaban J connectivity index is 1.99. The molecular weight excluding hydrogens is 296 g/mol. The Bertz CT molecular complexity index is 500. The molecule has 1 aromatic carbocycles. The van der Waals surface area contributed by atoms with Gasteiger partial charge in [0.15, 0.2) is 0 Å². The highest BCUT2D eigenvalue weighted by molar-refractivity contribution is 9.10. The first-order chi connectivity index (χ1) is 8.70. The number of nitrogens with one attached hydrogen (secondary N) is 1. The second kappa shape index (κ2) is 5.82. The molecule has 0 saturated carbocycles. The number of nitrogens with zero attached hydrogens (tertiary/aromatic N) is 1. The largest absolute Gasteiger partial charge is 0.382 e. The first-order valence-corrected chi connectivity index (χ1v) is 6.37. The Morgan fingerprint density at radius 2 is 2.50 bits per heavy atom. The van der Waals surface area contributed by atoms with Crippen molar-refractivity contribution in [2.45, 2.75) is 12.5 Å². The fraction of sp³-hybridized carbons (Fsp3) is 0.231. The zero-order valence-electron chi connectivity index (χ0n) is 9.73. The van der Waals surface area contributed by atoms with Gasteiger partial charge in [0.05, 0.1) is 5.71 Å². The molecule has 1 N–H and O–H groups in total. The van der Waals surface area contributed by atoms with E-state index in [9.17, 15) is 4.79 Å². The lowest BCUT2D eigenvalue weighted by molar-refractivity contribution is -0.130. The minimum Gasteiger partial charge on any atom is -0.382 e. The van der Waals surface area contributed by atoms with Crippen LogP contribution < -0.4 is 5.32 Å². The molecule has 5 heteroatoms. The van der Waals surface area contributed by atoms with Crippen LogP contribution in [-0.2, 0) is 9.63 Å². The number of hydrogen-bond donors (Lipinski definition) is 1. The van der Waals surface area contributed by atoms with Gasteiger partial charge in [-0.3, -0.25) is 4.79 Å². The molecule has 1 aliphatic rings. The summed E-state index contributed by atoms with van der Waals surface area (Å²) in [6.45, 7) is 3.98. The zero-order chi connectivity index (χ0) is 13.0. The van der Waals surface area contributed by atoms with Gasteiger partial charge in [-0.05, 0) is 12.1 Å². The third-order valence-electron chi connectivity index (χ3n) is 2.54. The summed E-state index contributed by atoms with van der Waals surface area (Å²) >= 11 is 3.40. The summed E-state index contributed by atoms with van der Waals surface area (Å²) < 4.78 is 0.974. The summed E-state index contributed by atoms with van der Waals surface area (Å²) in [5.41, 5.74) is 1.75. The van der Waals surface area contributed by atoms with Crippen molar-refractivity contribution in [3.8, 4) is 0 Å². The maximum absolute atomic E-state index is 11.7. The average molecular weight is 309 g/mol. The predicted molar refractivity (Wildman–Crippen MR) is 73.4 cm³/mol. The van der Waals surface area contributed by atoms with E-state index in [1.54, 1.807) is 6.08 Å². The van der Waals surface area contributed by atoms with Gasteiger partial charge in [-0.15, -0.1) is 6.58 Å². The minimum atomic E-state index is -0.543. The van der Waals surface area contributed by atoms with Crippen molar-refractivity contribution in [3.05, 3.63) is 47.0 Å². The zero-order valence-corrected chi connectivity index (χ0v) is 11.3. The number of carbonyl (C=O) groups excluding carboxylic acids is 1. The van der Waals surface area contributed by atoms with E-state index in [0.29, 0.717) is 13.0 Å².